The Morgan fingerprint density at radius 3 is 2.42 bits per heavy atom. The molecule has 0 atom stereocenters. The second-order valence-corrected chi connectivity index (χ2v) is 7.01. The van der Waals surface area contributed by atoms with Gasteiger partial charge in [-0.1, -0.05) is 11.6 Å². The van der Waals surface area contributed by atoms with Crippen molar-refractivity contribution in [2.45, 2.75) is 18.9 Å². The van der Waals surface area contributed by atoms with Crippen LogP contribution < -0.4 is 20.9 Å². The van der Waals surface area contributed by atoms with Crippen molar-refractivity contribution in [2.75, 3.05) is 49.5 Å². The van der Waals surface area contributed by atoms with E-state index in [1.54, 1.807) is 0 Å². The number of piperazine rings is 1. The van der Waals surface area contributed by atoms with Gasteiger partial charge in [0.15, 0.2) is 0 Å². The third-order valence-corrected chi connectivity index (χ3v) is 5.15. The molecule has 5 nitrogen and oxygen atoms in total. The molecular formula is C18H26Cl3N5. The number of pyridine rings is 1. The lowest BCUT2D eigenvalue weighted by atomic mass is 10.1. The minimum absolute atomic E-state index is 0. The van der Waals surface area contributed by atoms with Crippen LogP contribution in [0.4, 0.5) is 11.5 Å². The molecule has 2 aliphatic rings. The first-order chi connectivity index (χ1) is 11.8. The number of nitrogens with zero attached hydrogens (tertiary/aromatic N) is 2. The molecule has 4 rings (SSSR count). The van der Waals surface area contributed by atoms with E-state index in [1.165, 1.54) is 12.8 Å². The fraction of sp³-hybridized carbons (Fsp3) is 0.500. The first-order valence-corrected chi connectivity index (χ1v) is 9.20. The quantitative estimate of drug-likeness (QED) is 0.714. The van der Waals surface area contributed by atoms with Crippen LogP contribution in [-0.4, -0.2) is 50.3 Å². The van der Waals surface area contributed by atoms with Crippen LogP contribution in [0.2, 0.25) is 5.02 Å². The fourth-order valence-electron chi connectivity index (χ4n) is 3.53. The van der Waals surface area contributed by atoms with E-state index in [0.29, 0.717) is 6.04 Å². The van der Waals surface area contributed by atoms with Gasteiger partial charge in [-0.05, 0) is 50.2 Å². The summed E-state index contributed by atoms with van der Waals surface area (Å²) in [6.07, 6.45) is 2.33. The van der Waals surface area contributed by atoms with Gasteiger partial charge in [-0.25, -0.2) is 4.98 Å². The second-order valence-electron chi connectivity index (χ2n) is 6.61. The van der Waals surface area contributed by atoms with E-state index < -0.39 is 0 Å². The number of aromatic nitrogens is 1. The third-order valence-electron chi connectivity index (χ3n) is 4.88. The zero-order chi connectivity index (χ0) is 16.4. The van der Waals surface area contributed by atoms with Crippen LogP contribution in [0.25, 0.3) is 10.9 Å². The lowest BCUT2D eigenvalue weighted by molar-refractivity contribution is 0.479. The number of piperidine rings is 1. The van der Waals surface area contributed by atoms with Gasteiger partial charge in [0.05, 0.1) is 10.5 Å². The lowest BCUT2D eigenvalue weighted by Crippen LogP contribution is -2.44. The summed E-state index contributed by atoms with van der Waals surface area (Å²) in [7, 11) is 0. The Morgan fingerprint density at radius 2 is 1.69 bits per heavy atom. The van der Waals surface area contributed by atoms with Gasteiger partial charge in [0.1, 0.15) is 5.82 Å². The van der Waals surface area contributed by atoms with E-state index in [1.807, 2.05) is 0 Å². The van der Waals surface area contributed by atoms with Crippen molar-refractivity contribution in [3.63, 3.8) is 0 Å². The maximum atomic E-state index is 6.53. The molecule has 2 fully saturated rings. The van der Waals surface area contributed by atoms with Crippen molar-refractivity contribution in [3.8, 4) is 0 Å². The van der Waals surface area contributed by atoms with Crippen LogP contribution in [0.15, 0.2) is 24.3 Å². The van der Waals surface area contributed by atoms with E-state index in [9.17, 15) is 0 Å². The van der Waals surface area contributed by atoms with E-state index in [2.05, 4.69) is 45.1 Å². The zero-order valence-corrected chi connectivity index (χ0v) is 17.0. The van der Waals surface area contributed by atoms with Crippen molar-refractivity contribution >= 4 is 58.8 Å². The van der Waals surface area contributed by atoms with Crippen molar-refractivity contribution in [1.29, 1.82) is 0 Å². The molecule has 0 unspecified atom stereocenters. The number of hydrogen-bond acceptors (Lipinski definition) is 5. The monoisotopic (exact) mass is 417 g/mol. The summed E-state index contributed by atoms with van der Waals surface area (Å²) in [5.74, 6) is 0.907. The van der Waals surface area contributed by atoms with Gasteiger partial charge in [0.2, 0.25) is 0 Å². The summed E-state index contributed by atoms with van der Waals surface area (Å²) in [4.78, 5) is 7.08. The Balaban J connectivity index is 0.00000121. The molecule has 0 saturated carbocycles. The Kier molecular flexibility index (Phi) is 8.05. The number of anilines is 2. The molecule has 1 aromatic heterocycles. The van der Waals surface area contributed by atoms with Crippen LogP contribution in [0.1, 0.15) is 12.8 Å². The predicted molar refractivity (Wildman–Crippen MR) is 116 cm³/mol. The highest BCUT2D eigenvalue weighted by Crippen LogP contribution is 2.29. The Hall–Kier alpha value is -0.980. The average Bonchev–Trinajstić information content (AvgIpc) is 2.63. The number of hydrogen-bond donors (Lipinski definition) is 3. The Labute approximate surface area is 172 Å². The third kappa shape index (κ3) is 4.84. The van der Waals surface area contributed by atoms with Gasteiger partial charge in [0, 0.05) is 43.3 Å². The number of halogens is 3. The Morgan fingerprint density at radius 1 is 1.00 bits per heavy atom. The summed E-state index contributed by atoms with van der Waals surface area (Å²) < 4.78 is 0. The molecule has 26 heavy (non-hydrogen) atoms. The van der Waals surface area contributed by atoms with E-state index in [-0.39, 0.29) is 24.8 Å². The van der Waals surface area contributed by atoms with Crippen LogP contribution in [0.5, 0.6) is 0 Å². The van der Waals surface area contributed by atoms with Crippen LogP contribution in [0, 0.1) is 0 Å². The highest BCUT2D eigenvalue weighted by Gasteiger charge is 2.17. The van der Waals surface area contributed by atoms with Crippen molar-refractivity contribution in [3.05, 3.63) is 29.3 Å². The molecule has 2 saturated heterocycles. The van der Waals surface area contributed by atoms with E-state index in [0.717, 1.165) is 66.7 Å². The summed E-state index contributed by atoms with van der Waals surface area (Å²) in [5.41, 5.74) is 2.16. The van der Waals surface area contributed by atoms with Crippen molar-refractivity contribution < 1.29 is 0 Å². The van der Waals surface area contributed by atoms with Crippen LogP contribution in [-0.2, 0) is 0 Å². The lowest BCUT2D eigenvalue weighted by Gasteiger charge is -2.29. The van der Waals surface area contributed by atoms with Crippen LogP contribution >= 0.6 is 36.4 Å². The summed E-state index contributed by atoms with van der Waals surface area (Å²) >= 11 is 6.53. The first-order valence-electron chi connectivity index (χ1n) is 8.83. The molecule has 0 radical (unpaired) electrons. The van der Waals surface area contributed by atoms with Crippen molar-refractivity contribution in [2.24, 2.45) is 0 Å². The molecule has 0 bridgehead atoms. The molecular weight excluding hydrogens is 393 g/mol. The molecule has 2 aliphatic heterocycles. The molecule has 0 spiro atoms. The maximum absolute atomic E-state index is 6.53. The van der Waals surface area contributed by atoms with Gasteiger partial charge < -0.3 is 20.9 Å². The SMILES string of the molecule is Cl.Cl.Clc1cc2cc(NC3CCNCC3)ccc2nc1N1CCNCC1. The van der Waals surface area contributed by atoms with Gasteiger partial charge in [-0.2, -0.15) is 0 Å². The van der Waals surface area contributed by atoms with Crippen molar-refractivity contribution in [1.82, 2.24) is 15.6 Å². The second kappa shape index (κ2) is 9.81. The van der Waals surface area contributed by atoms with E-state index >= 15 is 0 Å². The predicted octanol–water partition coefficient (Wildman–Crippen LogP) is 3.31. The number of nitrogens with one attached hydrogen (secondary N) is 3. The number of rotatable bonds is 3. The first kappa shape index (κ1) is 21.3. The Bertz CT molecular complexity index is 715. The number of fused-ring (bicyclic) bond motifs is 1. The molecule has 3 heterocycles. The van der Waals surface area contributed by atoms with Crippen LogP contribution in [0.3, 0.4) is 0 Å². The standard InChI is InChI=1S/C18H24ClN5.2ClH/c19-16-12-13-11-15(22-14-3-5-20-6-4-14)1-2-17(13)23-18(16)24-9-7-21-8-10-24;;/h1-2,11-12,14,20-22H,3-10H2;2*1H. The largest absolute Gasteiger partial charge is 0.382 e. The molecule has 0 aliphatic carbocycles. The van der Waals surface area contributed by atoms with Gasteiger partial charge in [-0.15, -0.1) is 24.8 Å². The normalized spacial score (nSPS) is 18.1. The highest BCUT2D eigenvalue weighted by molar-refractivity contribution is 6.33. The summed E-state index contributed by atoms with van der Waals surface area (Å²) in [6.45, 7) is 6.05. The zero-order valence-electron chi connectivity index (χ0n) is 14.6. The average molecular weight is 419 g/mol. The maximum Gasteiger partial charge on any atom is 0.148 e. The summed E-state index contributed by atoms with van der Waals surface area (Å²) in [5, 5.41) is 12.2. The molecule has 3 N–H and O–H groups in total. The molecule has 2 aromatic rings. The minimum Gasteiger partial charge on any atom is -0.382 e. The fourth-order valence-corrected chi connectivity index (χ4v) is 3.81. The van der Waals surface area contributed by atoms with Gasteiger partial charge in [0.25, 0.3) is 0 Å². The topological polar surface area (TPSA) is 52.2 Å². The van der Waals surface area contributed by atoms with Gasteiger partial charge >= 0.3 is 0 Å². The molecule has 0 amide bonds. The van der Waals surface area contributed by atoms with Gasteiger partial charge in [-0.3, -0.25) is 0 Å². The minimum atomic E-state index is 0. The molecule has 8 heteroatoms. The smallest absolute Gasteiger partial charge is 0.148 e. The summed E-state index contributed by atoms with van der Waals surface area (Å²) in [6, 6.07) is 8.99. The van der Waals surface area contributed by atoms with E-state index in [4.69, 9.17) is 16.6 Å². The molecule has 1 aromatic carbocycles. The molecule has 144 valence electrons. The number of benzene rings is 1. The highest BCUT2D eigenvalue weighted by atomic mass is 35.5.